The van der Waals surface area contributed by atoms with Crippen LogP contribution in [-0.4, -0.2) is 17.6 Å². The van der Waals surface area contributed by atoms with Gasteiger partial charge >= 0.3 is 0 Å². The summed E-state index contributed by atoms with van der Waals surface area (Å²) in [6.07, 6.45) is 2.10. The predicted molar refractivity (Wildman–Crippen MR) is 93.2 cm³/mol. The van der Waals surface area contributed by atoms with E-state index in [1.54, 1.807) is 12.1 Å². The van der Waals surface area contributed by atoms with E-state index < -0.39 is 0 Å². The fourth-order valence-electron chi connectivity index (χ4n) is 2.40. The minimum Gasteiger partial charge on any atom is -0.489 e. The molecule has 1 N–H and O–H groups in total. The van der Waals surface area contributed by atoms with E-state index in [4.69, 9.17) is 9.26 Å². The molecule has 0 saturated carbocycles. The molecule has 0 aliphatic heterocycles. The van der Waals surface area contributed by atoms with Crippen molar-refractivity contribution < 1.29 is 14.1 Å². The monoisotopic (exact) mass is 330 g/mol. The maximum absolute atomic E-state index is 12.2. The second-order valence-corrected chi connectivity index (χ2v) is 6.41. The summed E-state index contributed by atoms with van der Waals surface area (Å²) in [5.74, 6) is 2.00. The number of aromatic nitrogens is 1. The Bertz CT molecular complexity index is 658. The average molecular weight is 330 g/mol. The summed E-state index contributed by atoms with van der Waals surface area (Å²) in [5, 5.41) is 6.86. The van der Waals surface area contributed by atoms with Crippen molar-refractivity contribution >= 4 is 5.91 Å². The van der Waals surface area contributed by atoms with Crippen molar-refractivity contribution in [2.45, 2.75) is 47.1 Å². The quantitative estimate of drug-likeness (QED) is 0.742. The van der Waals surface area contributed by atoms with E-state index in [1.807, 2.05) is 26.0 Å². The molecule has 1 aromatic heterocycles. The van der Waals surface area contributed by atoms with Crippen LogP contribution in [0.15, 0.2) is 28.8 Å². The zero-order valence-electron chi connectivity index (χ0n) is 14.9. The molecule has 0 radical (unpaired) electrons. The van der Waals surface area contributed by atoms with Crippen molar-refractivity contribution in [3.05, 3.63) is 46.8 Å². The summed E-state index contributed by atoms with van der Waals surface area (Å²) in [5.41, 5.74) is 2.38. The van der Waals surface area contributed by atoms with Crippen molar-refractivity contribution in [2.24, 2.45) is 5.92 Å². The third-order valence-corrected chi connectivity index (χ3v) is 3.90. The number of aryl methyl sites for hydroxylation is 2. The van der Waals surface area contributed by atoms with Crippen LogP contribution in [0.3, 0.4) is 0 Å². The highest BCUT2D eigenvalue weighted by atomic mass is 16.5. The van der Waals surface area contributed by atoms with E-state index >= 15 is 0 Å². The fraction of sp³-hybridized carbons (Fsp3) is 0.474. The van der Waals surface area contributed by atoms with Crippen LogP contribution in [0.4, 0.5) is 0 Å². The Balaban J connectivity index is 1.90. The Morgan fingerprint density at radius 3 is 2.79 bits per heavy atom. The van der Waals surface area contributed by atoms with Gasteiger partial charge in [-0.15, -0.1) is 0 Å². The van der Waals surface area contributed by atoms with Gasteiger partial charge in [0, 0.05) is 12.1 Å². The van der Waals surface area contributed by atoms with Crippen LogP contribution in [0.5, 0.6) is 5.75 Å². The molecule has 5 nitrogen and oxygen atoms in total. The lowest BCUT2D eigenvalue weighted by molar-refractivity contribution is 0.0952. The third-order valence-electron chi connectivity index (χ3n) is 3.90. The first-order valence-corrected chi connectivity index (χ1v) is 8.40. The number of hydrogen-bond acceptors (Lipinski definition) is 4. The highest BCUT2D eigenvalue weighted by Gasteiger charge is 2.11. The summed E-state index contributed by atoms with van der Waals surface area (Å²) >= 11 is 0. The van der Waals surface area contributed by atoms with E-state index in [0.29, 0.717) is 30.4 Å². The first-order chi connectivity index (χ1) is 11.5. The normalized spacial score (nSPS) is 10.9. The van der Waals surface area contributed by atoms with E-state index in [2.05, 4.69) is 24.3 Å². The Morgan fingerprint density at radius 1 is 1.33 bits per heavy atom. The van der Waals surface area contributed by atoms with Crippen molar-refractivity contribution in [3.63, 3.8) is 0 Å². The minimum atomic E-state index is -0.0680. The minimum absolute atomic E-state index is 0.0680. The van der Waals surface area contributed by atoms with Gasteiger partial charge in [0.25, 0.3) is 5.91 Å². The molecule has 0 unspecified atom stereocenters. The molecule has 1 heterocycles. The topological polar surface area (TPSA) is 64.4 Å². The molecule has 130 valence electrons. The van der Waals surface area contributed by atoms with E-state index in [1.165, 1.54) is 0 Å². The zero-order chi connectivity index (χ0) is 17.5. The molecule has 0 aliphatic carbocycles. The molecule has 0 bridgehead atoms. The average Bonchev–Trinajstić information content (AvgIpc) is 2.88. The Kier molecular flexibility index (Phi) is 6.41. The number of benzene rings is 1. The first-order valence-electron chi connectivity index (χ1n) is 8.40. The second-order valence-electron chi connectivity index (χ2n) is 6.41. The van der Waals surface area contributed by atoms with Gasteiger partial charge in [0.05, 0.1) is 11.3 Å². The lowest BCUT2D eigenvalue weighted by Crippen LogP contribution is -2.24. The van der Waals surface area contributed by atoms with Crippen molar-refractivity contribution in [1.29, 1.82) is 0 Å². The molecule has 5 heteroatoms. The Hall–Kier alpha value is -2.30. The summed E-state index contributed by atoms with van der Waals surface area (Å²) in [7, 11) is 0. The highest BCUT2D eigenvalue weighted by molar-refractivity contribution is 5.94. The van der Waals surface area contributed by atoms with Gasteiger partial charge in [-0.1, -0.05) is 25.1 Å². The molecule has 1 amide bonds. The van der Waals surface area contributed by atoms with Crippen molar-refractivity contribution in [2.75, 3.05) is 6.54 Å². The molecular formula is C19H26N2O3. The van der Waals surface area contributed by atoms with E-state index in [-0.39, 0.29) is 5.91 Å². The zero-order valence-corrected chi connectivity index (χ0v) is 14.9. The summed E-state index contributed by atoms with van der Waals surface area (Å²) in [6.45, 7) is 9.18. The SMILES string of the molecule is Cc1noc(C)c1COc1cccc(C(=O)NCCCC(C)C)c1. The van der Waals surface area contributed by atoms with Gasteiger partial charge in [-0.2, -0.15) is 0 Å². The van der Waals surface area contributed by atoms with Gasteiger partial charge in [-0.05, 0) is 50.8 Å². The standard InChI is InChI=1S/C19H26N2O3/c1-13(2)7-6-10-20-19(22)16-8-5-9-17(11-16)23-12-18-14(3)21-24-15(18)4/h5,8-9,11,13H,6-7,10,12H2,1-4H3,(H,20,22). The second kappa shape index (κ2) is 8.52. The number of carbonyl (C=O) groups is 1. The van der Waals surface area contributed by atoms with Crippen LogP contribution in [0.25, 0.3) is 0 Å². The Morgan fingerprint density at radius 2 is 2.12 bits per heavy atom. The van der Waals surface area contributed by atoms with Crippen molar-refractivity contribution in [1.82, 2.24) is 10.5 Å². The molecule has 0 aliphatic rings. The van der Waals surface area contributed by atoms with Crippen LogP contribution in [-0.2, 0) is 6.61 Å². The summed E-state index contributed by atoms with van der Waals surface area (Å²) < 4.78 is 10.9. The maximum Gasteiger partial charge on any atom is 0.251 e. The fourth-order valence-corrected chi connectivity index (χ4v) is 2.40. The highest BCUT2D eigenvalue weighted by Crippen LogP contribution is 2.18. The number of nitrogens with zero attached hydrogens (tertiary/aromatic N) is 1. The number of hydrogen-bond donors (Lipinski definition) is 1. The van der Waals surface area contributed by atoms with Gasteiger partial charge in [0.15, 0.2) is 0 Å². The molecule has 2 aromatic rings. The van der Waals surface area contributed by atoms with Gasteiger partial charge in [0.2, 0.25) is 0 Å². The lowest BCUT2D eigenvalue weighted by Gasteiger charge is -2.09. The number of carbonyl (C=O) groups excluding carboxylic acids is 1. The van der Waals surface area contributed by atoms with Gasteiger partial charge in [0.1, 0.15) is 18.1 Å². The van der Waals surface area contributed by atoms with Gasteiger partial charge < -0.3 is 14.6 Å². The van der Waals surface area contributed by atoms with Crippen LogP contribution in [0, 0.1) is 19.8 Å². The molecule has 1 aromatic carbocycles. The molecular weight excluding hydrogens is 304 g/mol. The first kappa shape index (κ1) is 18.0. The van der Waals surface area contributed by atoms with Crippen molar-refractivity contribution in [3.8, 4) is 5.75 Å². The summed E-state index contributed by atoms with van der Waals surface area (Å²) in [6, 6.07) is 7.22. The van der Waals surface area contributed by atoms with Gasteiger partial charge in [-0.25, -0.2) is 0 Å². The maximum atomic E-state index is 12.2. The van der Waals surface area contributed by atoms with E-state index in [9.17, 15) is 4.79 Å². The van der Waals surface area contributed by atoms with Crippen LogP contribution in [0.1, 0.15) is 54.1 Å². The molecule has 0 atom stereocenters. The van der Waals surface area contributed by atoms with Crippen LogP contribution >= 0.6 is 0 Å². The Labute approximate surface area is 143 Å². The molecule has 0 saturated heterocycles. The molecule has 0 spiro atoms. The smallest absolute Gasteiger partial charge is 0.251 e. The summed E-state index contributed by atoms with van der Waals surface area (Å²) in [4.78, 5) is 12.2. The lowest BCUT2D eigenvalue weighted by atomic mass is 10.1. The molecule has 24 heavy (non-hydrogen) atoms. The van der Waals surface area contributed by atoms with E-state index in [0.717, 1.165) is 29.9 Å². The number of amides is 1. The largest absolute Gasteiger partial charge is 0.489 e. The molecule has 0 fully saturated rings. The van der Waals surface area contributed by atoms with Gasteiger partial charge in [-0.3, -0.25) is 4.79 Å². The predicted octanol–water partition coefficient (Wildman–Crippen LogP) is 4.04. The molecule has 2 rings (SSSR count). The number of rotatable bonds is 8. The number of nitrogens with one attached hydrogen (secondary N) is 1. The number of ether oxygens (including phenoxy) is 1. The van der Waals surface area contributed by atoms with Crippen LogP contribution in [0.2, 0.25) is 0 Å². The third kappa shape index (κ3) is 5.11. The van der Waals surface area contributed by atoms with Crippen LogP contribution < -0.4 is 10.1 Å².